The number of pyridine rings is 2. The van der Waals surface area contributed by atoms with E-state index in [1.165, 1.54) is 0 Å². The average Bonchev–Trinajstić information content (AvgIpc) is 2.78. The lowest BCUT2D eigenvalue weighted by Crippen LogP contribution is -2.19. The highest BCUT2D eigenvalue weighted by molar-refractivity contribution is 5.86. The van der Waals surface area contributed by atoms with Crippen LogP contribution in [0.5, 0.6) is 11.5 Å². The van der Waals surface area contributed by atoms with E-state index < -0.39 is 0 Å². The fraction of sp³-hybridized carbons (Fsp3) is 0.120. The van der Waals surface area contributed by atoms with Crippen LogP contribution in [0.3, 0.4) is 0 Å². The Bertz CT molecular complexity index is 1160. The van der Waals surface area contributed by atoms with Gasteiger partial charge in [0.2, 0.25) is 0 Å². The topological polar surface area (TPSA) is 68.5 Å². The number of phenols is 1. The molecule has 4 rings (SSSR count). The largest absolute Gasteiger partial charge is 0.505 e. The highest BCUT2D eigenvalue weighted by atomic mass is 16.5. The summed E-state index contributed by atoms with van der Waals surface area (Å²) in [6, 6.07) is 21.2. The van der Waals surface area contributed by atoms with E-state index in [-0.39, 0.29) is 11.8 Å². The maximum Gasteiger partial charge on any atom is 0.272 e. The maximum absolute atomic E-state index is 11.1. The van der Waals surface area contributed by atoms with Crippen LogP contribution in [0.15, 0.2) is 85.6 Å². The molecule has 0 bridgehead atoms. The summed E-state index contributed by atoms with van der Waals surface area (Å²) in [5.41, 5.74) is 3.19. The van der Waals surface area contributed by atoms with Gasteiger partial charge in [-0.05, 0) is 37.3 Å². The van der Waals surface area contributed by atoms with Crippen molar-refractivity contribution in [1.82, 2.24) is 4.98 Å². The minimum atomic E-state index is -0.288. The number of phenolic OH excluding ortho intramolecular Hbond substituents is 1. The zero-order chi connectivity index (χ0) is 20.9. The number of aryl methyl sites for hydroxylation is 1. The van der Waals surface area contributed by atoms with Crippen molar-refractivity contribution in [3.8, 4) is 11.5 Å². The minimum Gasteiger partial charge on any atom is -0.505 e. The van der Waals surface area contributed by atoms with E-state index >= 15 is 0 Å². The summed E-state index contributed by atoms with van der Waals surface area (Å²) in [5.74, 6) is 1.78. The molecule has 2 aromatic carbocycles. The Kier molecular flexibility index (Phi) is 5.61. The van der Waals surface area contributed by atoms with Crippen molar-refractivity contribution < 1.29 is 14.8 Å². The Morgan fingerprint density at radius 3 is 2.63 bits per heavy atom. The van der Waals surface area contributed by atoms with Gasteiger partial charge in [0.15, 0.2) is 0 Å². The number of aromatic amines is 1. The number of hydrogen-bond acceptors (Lipinski definition) is 4. The third kappa shape index (κ3) is 4.10. The molecule has 0 aliphatic heterocycles. The first kappa shape index (κ1) is 19.5. The van der Waals surface area contributed by atoms with Crippen LogP contribution in [0, 0.1) is 6.92 Å². The second kappa shape index (κ2) is 8.66. The molecule has 0 unspecified atom stereocenters. The summed E-state index contributed by atoms with van der Waals surface area (Å²) in [4.78, 5) is 7.75. The number of H-pyrrole nitrogens is 1. The predicted molar refractivity (Wildman–Crippen MR) is 119 cm³/mol. The molecule has 0 saturated carbocycles. The molecular formula is C25H24N3O2+. The van der Waals surface area contributed by atoms with Crippen LogP contribution in [0.4, 0.5) is 5.82 Å². The van der Waals surface area contributed by atoms with Gasteiger partial charge in [-0.2, -0.15) is 0 Å². The zero-order valence-corrected chi connectivity index (χ0v) is 16.8. The smallest absolute Gasteiger partial charge is 0.272 e. The lowest BCUT2D eigenvalue weighted by molar-refractivity contribution is -0.361. The summed E-state index contributed by atoms with van der Waals surface area (Å²) in [5, 5.41) is 15.5. The quantitative estimate of drug-likeness (QED) is 0.438. The molecule has 1 atom stereocenters. The predicted octanol–water partition coefficient (Wildman–Crippen LogP) is 4.83. The van der Waals surface area contributed by atoms with Gasteiger partial charge in [-0.3, -0.25) is 5.32 Å². The third-order valence-electron chi connectivity index (χ3n) is 4.91. The molecular weight excluding hydrogens is 374 g/mol. The molecule has 30 heavy (non-hydrogen) atoms. The fourth-order valence-electron chi connectivity index (χ4n) is 3.41. The molecule has 0 fully saturated rings. The van der Waals surface area contributed by atoms with Crippen LogP contribution >= 0.6 is 0 Å². The molecule has 0 saturated heterocycles. The zero-order valence-electron chi connectivity index (χ0n) is 16.8. The third-order valence-corrected chi connectivity index (χ3v) is 4.91. The lowest BCUT2D eigenvalue weighted by atomic mass is 9.96. The number of nitrogens with zero attached hydrogens (tertiary/aromatic N) is 1. The number of rotatable bonds is 7. The molecule has 2 heterocycles. The van der Waals surface area contributed by atoms with Gasteiger partial charge in [-0.25, -0.2) is 9.97 Å². The van der Waals surface area contributed by atoms with Gasteiger partial charge >= 0.3 is 0 Å². The van der Waals surface area contributed by atoms with Crippen LogP contribution in [-0.2, 0) is 0 Å². The van der Waals surface area contributed by atoms with Gasteiger partial charge in [-0.15, -0.1) is 0 Å². The molecule has 5 heteroatoms. The standard InChI is InChI=1S/C25H23N3O2/c1-3-16-30-20-12-9-18(10-13-20)23(28-22-6-4-5-15-26-22)21-14-11-19-8-7-17(2)27-24(19)25(21)29/h3-15,23,29H,1,16H2,2H3,(H,26,28)/p+1/t23-/m1/s1. The van der Waals surface area contributed by atoms with Gasteiger partial charge in [0.1, 0.15) is 29.7 Å². The van der Waals surface area contributed by atoms with Gasteiger partial charge in [-0.1, -0.05) is 43.0 Å². The first-order valence-electron chi connectivity index (χ1n) is 9.82. The van der Waals surface area contributed by atoms with Crippen LogP contribution in [0.2, 0.25) is 0 Å². The van der Waals surface area contributed by atoms with Crippen molar-refractivity contribution in [2.45, 2.75) is 13.0 Å². The number of aromatic hydroxyl groups is 1. The van der Waals surface area contributed by atoms with E-state index in [4.69, 9.17) is 4.74 Å². The molecule has 0 aliphatic carbocycles. The summed E-state index contributed by atoms with van der Waals surface area (Å²) in [6.07, 6.45) is 3.57. The van der Waals surface area contributed by atoms with E-state index in [2.05, 4.69) is 21.9 Å². The van der Waals surface area contributed by atoms with Crippen LogP contribution in [0.1, 0.15) is 22.9 Å². The first-order valence-corrected chi connectivity index (χ1v) is 9.82. The van der Waals surface area contributed by atoms with Gasteiger partial charge < -0.3 is 9.84 Å². The molecule has 0 spiro atoms. The molecule has 0 aliphatic rings. The Morgan fingerprint density at radius 1 is 1.10 bits per heavy atom. The molecule has 0 amide bonds. The lowest BCUT2D eigenvalue weighted by Gasteiger charge is -2.18. The first-order chi connectivity index (χ1) is 14.7. The van der Waals surface area contributed by atoms with Crippen molar-refractivity contribution in [1.29, 1.82) is 0 Å². The SMILES string of the molecule is C=CCOc1ccc([C@@H](Nc2cccc[nH+]2)c2ccc3ccc(C)nc3c2O)cc1. The summed E-state index contributed by atoms with van der Waals surface area (Å²) >= 11 is 0. The number of aromatic nitrogens is 2. The van der Waals surface area contributed by atoms with E-state index in [9.17, 15) is 5.11 Å². The van der Waals surface area contributed by atoms with Crippen molar-refractivity contribution in [2.24, 2.45) is 0 Å². The van der Waals surface area contributed by atoms with Crippen molar-refractivity contribution in [3.63, 3.8) is 0 Å². The molecule has 4 aromatic rings. The van der Waals surface area contributed by atoms with Crippen LogP contribution in [0.25, 0.3) is 10.9 Å². The second-order valence-corrected chi connectivity index (χ2v) is 7.05. The van der Waals surface area contributed by atoms with E-state index in [0.717, 1.165) is 33.8 Å². The van der Waals surface area contributed by atoms with Gasteiger partial charge in [0, 0.05) is 28.3 Å². The number of benzene rings is 2. The molecule has 150 valence electrons. The summed E-state index contributed by atoms with van der Waals surface area (Å²) in [6.45, 7) is 6.05. The number of nitrogens with one attached hydrogen (secondary N) is 2. The van der Waals surface area contributed by atoms with E-state index in [0.29, 0.717) is 12.1 Å². The molecule has 3 N–H and O–H groups in total. The molecule has 2 aromatic heterocycles. The van der Waals surface area contributed by atoms with Gasteiger partial charge in [0.05, 0.1) is 6.20 Å². The summed E-state index contributed by atoms with van der Waals surface area (Å²) < 4.78 is 5.60. The molecule has 5 nitrogen and oxygen atoms in total. The van der Waals surface area contributed by atoms with Gasteiger partial charge in [0.25, 0.3) is 5.82 Å². The Hall–Kier alpha value is -3.86. The Labute approximate surface area is 175 Å². The normalized spacial score (nSPS) is 11.8. The van der Waals surface area contributed by atoms with Crippen LogP contribution < -0.4 is 15.0 Å². The monoisotopic (exact) mass is 398 g/mol. The van der Waals surface area contributed by atoms with Crippen LogP contribution in [-0.4, -0.2) is 16.7 Å². The fourth-order valence-corrected chi connectivity index (χ4v) is 3.41. The maximum atomic E-state index is 11.1. The second-order valence-electron chi connectivity index (χ2n) is 7.05. The van der Waals surface area contributed by atoms with E-state index in [1.807, 2.05) is 79.9 Å². The van der Waals surface area contributed by atoms with E-state index in [1.54, 1.807) is 6.08 Å². The highest BCUT2D eigenvalue weighted by Crippen LogP contribution is 2.36. The Morgan fingerprint density at radius 2 is 1.90 bits per heavy atom. The number of hydrogen-bond donors (Lipinski definition) is 2. The average molecular weight is 398 g/mol. The van der Waals surface area contributed by atoms with Crippen molar-refractivity contribution in [3.05, 3.63) is 102 Å². The Balaban J connectivity index is 1.78. The van der Waals surface area contributed by atoms with Crippen molar-refractivity contribution >= 4 is 16.7 Å². The number of ether oxygens (including phenoxy) is 1. The highest BCUT2D eigenvalue weighted by Gasteiger charge is 2.24. The number of anilines is 1. The number of fused-ring (bicyclic) bond motifs is 1. The molecule has 0 radical (unpaired) electrons. The van der Waals surface area contributed by atoms with Crippen molar-refractivity contribution in [2.75, 3.05) is 11.9 Å². The minimum absolute atomic E-state index is 0.177. The summed E-state index contributed by atoms with van der Waals surface area (Å²) in [7, 11) is 0.